The predicted octanol–water partition coefficient (Wildman–Crippen LogP) is 3.33. The van der Waals surface area contributed by atoms with Crippen molar-refractivity contribution in [3.63, 3.8) is 0 Å². The highest BCUT2D eigenvalue weighted by Gasteiger charge is 2.22. The molecule has 2 aromatic carbocycles. The molecule has 0 radical (unpaired) electrons. The van der Waals surface area contributed by atoms with Crippen molar-refractivity contribution in [2.45, 2.75) is 19.0 Å². The van der Waals surface area contributed by atoms with Crippen molar-refractivity contribution in [2.24, 2.45) is 0 Å². The first-order valence-corrected chi connectivity index (χ1v) is 8.01. The second-order valence-corrected chi connectivity index (χ2v) is 5.60. The molecular formula is C19H23NO4. The van der Waals surface area contributed by atoms with E-state index in [-0.39, 0.29) is 6.04 Å². The first kappa shape index (κ1) is 16.5. The molecule has 128 valence electrons. The fourth-order valence-corrected chi connectivity index (χ4v) is 3.09. The summed E-state index contributed by atoms with van der Waals surface area (Å²) < 4.78 is 22.0. The number of hydrogen-bond acceptors (Lipinski definition) is 5. The average molecular weight is 329 g/mol. The van der Waals surface area contributed by atoms with Crippen molar-refractivity contribution >= 4 is 0 Å². The van der Waals surface area contributed by atoms with Gasteiger partial charge in [-0.15, -0.1) is 0 Å². The van der Waals surface area contributed by atoms with Crippen molar-refractivity contribution in [2.75, 3.05) is 27.9 Å². The molecule has 2 aromatic rings. The largest absolute Gasteiger partial charge is 0.493 e. The summed E-state index contributed by atoms with van der Waals surface area (Å²) in [5, 5.41) is 3.60. The van der Waals surface area contributed by atoms with Gasteiger partial charge in [0, 0.05) is 30.1 Å². The molecule has 24 heavy (non-hydrogen) atoms. The van der Waals surface area contributed by atoms with Crippen LogP contribution in [0.2, 0.25) is 0 Å². The summed E-state index contributed by atoms with van der Waals surface area (Å²) in [6, 6.07) is 12.3. The molecule has 5 nitrogen and oxygen atoms in total. The quantitative estimate of drug-likeness (QED) is 0.881. The van der Waals surface area contributed by atoms with Gasteiger partial charge in [0.25, 0.3) is 0 Å². The molecule has 3 rings (SSSR count). The van der Waals surface area contributed by atoms with Gasteiger partial charge in [0.15, 0.2) is 11.5 Å². The third kappa shape index (κ3) is 3.12. The first-order chi connectivity index (χ1) is 11.8. The Morgan fingerprint density at radius 1 is 1.00 bits per heavy atom. The Kier molecular flexibility index (Phi) is 5.11. The van der Waals surface area contributed by atoms with Crippen molar-refractivity contribution < 1.29 is 18.9 Å². The number of nitrogens with one attached hydrogen (secondary N) is 1. The molecule has 0 bridgehead atoms. The Morgan fingerprint density at radius 3 is 2.54 bits per heavy atom. The van der Waals surface area contributed by atoms with E-state index in [2.05, 4.69) is 11.4 Å². The molecule has 1 atom stereocenters. The molecule has 0 fully saturated rings. The van der Waals surface area contributed by atoms with Gasteiger partial charge in [-0.2, -0.15) is 0 Å². The lowest BCUT2D eigenvalue weighted by Crippen LogP contribution is -2.26. The van der Waals surface area contributed by atoms with Gasteiger partial charge >= 0.3 is 0 Å². The van der Waals surface area contributed by atoms with E-state index >= 15 is 0 Å². The van der Waals surface area contributed by atoms with Crippen LogP contribution in [0, 0.1) is 0 Å². The fourth-order valence-electron chi connectivity index (χ4n) is 3.09. The van der Waals surface area contributed by atoms with Gasteiger partial charge in [0.2, 0.25) is 5.75 Å². The first-order valence-electron chi connectivity index (χ1n) is 8.01. The minimum absolute atomic E-state index is 0.257. The third-order valence-electron chi connectivity index (χ3n) is 4.28. The number of para-hydroxylation sites is 1. The molecule has 0 saturated heterocycles. The molecule has 1 aliphatic heterocycles. The Bertz CT molecular complexity index is 702. The molecule has 1 aliphatic rings. The van der Waals surface area contributed by atoms with Crippen molar-refractivity contribution in [1.29, 1.82) is 0 Å². The van der Waals surface area contributed by atoms with Crippen LogP contribution in [0.25, 0.3) is 0 Å². The topological polar surface area (TPSA) is 49.0 Å². The number of methoxy groups -OCH3 is 3. The van der Waals surface area contributed by atoms with Gasteiger partial charge in [-0.25, -0.2) is 0 Å². The highest BCUT2D eigenvalue weighted by Crippen LogP contribution is 2.40. The molecule has 1 heterocycles. The zero-order chi connectivity index (χ0) is 16.9. The van der Waals surface area contributed by atoms with Crippen LogP contribution in [0.15, 0.2) is 36.4 Å². The zero-order valence-electron chi connectivity index (χ0n) is 14.3. The van der Waals surface area contributed by atoms with E-state index in [1.165, 1.54) is 5.56 Å². The average Bonchev–Trinajstić information content (AvgIpc) is 2.65. The second-order valence-electron chi connectivity index (χ2n) is 5.60. The number of fused-ring (bicyclic) bond motifs is 1. The van der Waals surface area contributed by atoms with E-state index in [0.717, 1.165) is 24.3 Å². The summed E-state index contributed by atoms with van der Waals surface area (Å²) in [4.78, 5) is 0. The van der Waals surface area contributed by atoms with E-state index in [4.69, 9.17) is 18.9 Å². The van der Waals surface area contributed by atoms with Crippen LogP contribution in [0.3, 0.4) is 0 Å². The fraction of sp³-hybridized carbons (Fsp3) is 0.368. The molecule has 5 heteroatoms. The highest BCUT2D eigenvalue weighted by atomic mass is 16.5. The van der Waals surface area contributed by atoms with Gasteiger partial charge < -0.3 is 24.3 Å². The Hall–Kier alpha value is -2.40. The Morgan fingerprint density at radius 2 is 1.79 bits per heavy atom. The van der Waals surface area contributed by atoms with Crippen LogP contribution < -0.4 is 24.3 Å². The van der Waals surface area contributed by atoms with Crippen LogP contribution in [0.4, 0.5) is 0 Å². The van der Waals surface area contributed by atoms with E-state index in [9.17, 15) is 0 Å². The van der Waals surface area contributed by atoms with E-state index in [1.807, 2.05) is 30.3 Å². The maximum atomic E-state index is 5.72. The smallest absolute Gasteiger partial charge is 0.203 e. The SMILES string of the molecule is COc1ccc(CN[C@H]2CCOc3ccccc32)c(OC)c1OC. The maximum Gasteiger partial charge on any atom is 0.203 e. The van der Waals surface area contributed by atoms with Gasteiger partial charge in [0.1, 0.15) is 5.75 Å². The van der Waals surface area contributed by atoms with Crippen molar-refractivity contribution in [1.82, 2.24) is 5.32 Å². The van der Waals surface area contributed by atoms with Crippen LogP contribution in [-0.4, -0.2) is 27.9 Å². The molecule has 0 saturated carbocycles. The number of rotatable bonds is 6. The standard InChI is InChI=1S/C19H23NO4/c1-21-17-9-8-13(18(22-2)19(17)23-3)12-20-15-10-11-24-16-7-5-4-6-14(15)16/h4-9,15,20H,10-12H2,1-3H3/t15-/m0/s1. The molecule has 0 unspecified atom stereocenters. The predicted molar refractivity (Wildman–Crippen MR) is 92.2 cm³/mol. The van der Waals surface area contributed by atoms with Crippen LogP contribution in [0.5, 0.6) is 23.0 Å². The van der Waals surface area contributed by atoms with Crippen molar-refractivity contribution in [3.8, 4) is 23.0 Å². The van der Waals surface area contributed by atoms with E-state index in [0.29, 0.717) is 23.8 Å². The van der Waals surface area contributed by atoms with E-state index < -0.39 is 0 Å². The van der Waals surface area contributed by atoms with Crippen LogP contribution in [0.1, 0.15) is 23.6 Å². The summed E-state index contributed by atoms with van der Waals surface area (Å²) in [5.41, 5.74) is 2.22. The lowest BCUT2D eigenvalue weighted by atomic mass is 10.00. The Balaban J connectivity index is 1.81. The third-order valence-corrected chi connectivity index (χ3v) is 4.28. The number of hydrogen-bond donors (Lipinski definition) is 1. The van der Waals surface area contributed by atoms with Crippen LogP contribution in [-0.2, 0) is 6.54 Å². The van der Waals surface area contributed by atoms with E-state index in [1.54, 1.807) is 21.3 Å². The maximum absolute atomic E-state index is 5.72. The van der Waals surface area contributed by atoms with Crippen LogP contribution >= 0.6 is 0 Å². The summed E-state index contributed by atoms with van der Waals surface area (Å²) in [7, 11) is 4.88. The minimum Gasteiger partial charge on any atom is -0.493 e. The Labute approximate surface area is 142 Å². The molecule has 0 amide bonds. The molecule has 1 N–H and O–H groups in total. The van der Waals surface area contributed by atoms with Gasteiger partial charge in [0.05, 0.1) is 27.9 Å². The number of ether oxygens (including phenoxy) is 4. The van der Waals surface area contributed by atoms with Gasteiger partial charge in [-0.1, -0.05) is 24.3 Å². The summed E-state index contributed by atoms with van der Waals surface area (Å²) in [6.45, 7) is 1.39. The molecule has 0 aliphatic carbocycles. The number of benzene rings is 2. The molecule has 0 aromatic heterocycles. The zero-order valence-corrected chi connectivity index (χ0v) is 14.3. The minimum atomic E-state index is 0.257. The normalized spacial score (nSPS) is 16.0. The second kappa shape index (κ2) is 7.45. The highest BCUT2D eigenvalue weighted by molar-refractivity contribution is 5.55. The van der Waals surface area contributed by atoms with Crippen molar-refractivity contribution in [3.05, 3.63) is 47.5 Å². The lowest BCUT2D eigenvalue weighted by Gasteiger charge is -2.27. The summed E-state index contributed by atoms with van der Waals surface area (Å²) in [6.07, 6.45) is 0.937. The lowest BCUT2D eigenvalue weighted by molar-refractivity contribution is 0.251. The molecule has 0 spiro atoms. The monoisotopic (exact) mass is 329 g/mol. The van der Waals surface area contributed by atoms with Gasteiger partial charge in [-0.05, 0) is 12.1 Å². The summed E-state index contributed by atoms with van der Waals surface area (Å²) >= 11 is 0. The van der Waals surface area contributed by atoms with Gasteiger partial charge in [-0.3, -0.25) is 0 Å². The molecular weight excluding hydrogens is 306 g/mol. The summed E-state index contributed by atoms with van der Waals surface area (Å²) in [5.74, 6) is 2.94.